The summed E-state index contributed by atoms with van der Waals surface area (Å²) in [5, 5.41) is 2.37. The first kappa shape index (κ1) is 23.3. The number of halogens is 2. The molecule has 1 spiro atoms. The van der Waals surface area contributed by atoms with Crippen molar-refractivity contribution in [3.63, 3.8) is 0 Å². The highest BCUT2D eigenvalue weighted by Gasteiger charge is 2.71. The van der Waals surface area contributed by atoms with Gasteiger partial charge in [0.1, 0.15) is 17.3 Å². The fourth-order valence-corrected chi connectivity index (χ4v) is 7.43. The van der Waals surface area contributed by atoms with E-state index >= 15 is 0 Å². The van der Waals surface area contributed by atoms with Gasteiger partial charge in [0.15, 0.2) is 17.3 Å². The number of ketones is 3. The number of carbonyl (C=O) groups excluding carboxylic acids is 3. The van der Waals surface area contributed by atoms with Crippen LogP contribution in [0.15, 0.2) is 90.3 Å². The molecule has 0 bridgehead atoms. The van der Waals surface area contributed by atoms with Gasteiger partial charge in [0.2, 0.25) is 0 Å². The van der Waals surface area contributed by atoms with E-state index in [1.54, 1.807) is 60.7 Å². The highest BCUT2D eigenvalue weighted by molar-refractivity contribution is 7.12. The van der Waals surface area contributed by atoms with E-state index in [2.05, 4.69) is 0 Å². The van der Waals surface area contributed by atoms with Crippen molar-refractivity contribution in [3.05, 3.63) is 128 Å². The lowest BCUT2D eigenvalue weighted by molar-refractivity contribution is 0.0666. The van der Waals surface area contributed by atoms with Gasteiger partial charge in [0, 0.05) is 27.8 Å². The largest absolute Gasteiger partial charge is 0.352 e. The van der Waals surface area contributed by atoms with Crippen LogP contribution in [-0.4, -0.2) is 29.4 Å². The van der Waals surface area contributed by atoms with Crippen molar-refractivity contribution in [1.29, 1.82) is 0 Å². The quantitative estimate of drug-likeness (QED) is 0.211. The molecule has 1 fully saturated rings. The first-order valence-electron chi connectivity index (χ1n) is 12.2. The van der Waals surface area contributed by atoms with Gasteiger partial charge in [-0.3, -0.25) is 14.4 Å². The highest BCUT2D eigenvalue weighted by Crippen LogP contribution is 2.61. The summed E-state index contributed by atoms with van der Waals surface area (Å²) >= 11 is 7.62. The molecule has 38 heavy (non-hydrogen) atoms. The molecule has 0 saturated carbocycles. The molecule has 0 amide bonds. The number of Topliss-reactive ketones (excluding diaryl/α,β-unsaturated/α-hetero) is 3. The number of carbonyl (C=O) groups is 3. The summed E-state index contributed by atoms with van der Waals surface area (Å²) in [4.78, 5) is 45.7. The minimum Gasteiger partial charge on any atom is -0.352 e. The Balaban J connectivity index is 1.56. The molecule has 3 atom stereocenters. The summed E-state index contributed by atoms with van der Waals surface area (Å²) in [6, 6.07) is 20.0. The lowest BCUT2D eigenvalue weighted by Gasteiger charge is -2.37. The number of rotatable bonds is 3. The Labute approximate surface area is 227 Å². The number of thiophene rings is 1. The van der Waals surface area contributed by atoms with Crippen LogP contribution < -0.4 is 4.90 Å². The summed E-state index contributed by atoms with van der Waals surface area (Å²) in [5.41, 5.74) is 1.18. The maximum atomic E-state index is 14.5. The van der Waals surface area contributed by atoms with Gasteiger partial charge in [-0.2, -0.15) is 0 Å². The zero-order valence-electron chi connectivity index (χ0n) is 19.8. The standard InChI is InChI=1S/C31H19ClFNO3S/c32-19-10-13-23-18(16-19)9-14-25-31(29(36)21-4-1-2-5-22(21)30(31)37)26(17-7-11-20(33)12-8-17)27(34(23)25)28(35)24-6-3-15-38-24/h1-16,25-27H. The maximum Gasteiger partial charge on any atom is 0.195 e. The van der Waals surface area contributed by atoms with Crippen LogP contribution in [0, 0.1) is 11.2 Å². The smallest absolute Gasteiger partial charge is 0.195 e. The fraction of sp³-hybridized carbons (Fsp3) is 0.129. The van der Waals surface area contributed by atoms with Gasteiger partial charge in [0.05, 0.1) is 10.9 Å². The van der Waals surface area contributed by atoms with Crippen molar-refractivity contribution in [2.45, 2.75) is 18.0 Å². The highest BCUT2D eigenvalue weighted by atomic mass is 35.5. The van der Waals surface area contributed by atoms with Gasteiger partial charge in [-0.25, -0.2) is 4.39 Å². The van der Waals surface area contributed by atoms with Crippen LogP contribution in [0.3, 0.4) is 0 Å². The summed E-state index contributed by atoms with van der Waals surface area (Å²) in [5.74, 6) is -2.12. The summed E-state index contributed by atoms with van der Waals surface area (Å²) < 4.78 is 14.1. The van der Waals surface area contributed by atoms with Crippen LogP contribution in [0.5, 0.6) is 0 Å². The second-order valence-corrected chi connectivity index (χ2v) is 11.2. The molecule has 7 rings (SSSR count). The SMILES string of the molecule is O=C(c1cccs1)C1C(c2ccc(F)cc2)C2(C(=O)c3ccccc3C2=O)C2C=Cc3cc(Cl)ccc3N12. The molecule has 1 aliphatic carbocycles. The molecule has 7 heteroatoms. The predicted octanol–water partition coefficient (Wildman–Crippen LogP) is 6.86. The van der Waals surface area contributed by atoms with E-state index in [1.165, 1.54) is 23.5 Å². The number of fused-ring (bicyclic) bond motifs is 5. The second-order valence-electron chi connectivity index (χ2n) is 9.80. The lowest BCUT2D eigenvalue weighted by atomic mass is 9.64. The number of hydrogen-bond acceptors (Lipinski definition) is 5. The van der Waals surface area contributed by atoms with Gasteiger partial charge in [-0.05, 0) is 52.9 Å². The van der Waals surface area contributed by atoms with E-state index in [1.807, 2.05) is 28.5 Å². The maximum absolute atomic E-state index is 14.5. The minimum absolute atomic E-state index is 0.191. The molecule has 0 N–H and O–H groups in total. The van der Waals surface area contributed by atoms with E-state index < -0.39 is 29.2 Å². The summed E-state index contributed by atoms with van der Waals surface area (Å²) in [7, 11) is 0. The third-order valence-electron chi connectivity index (χ3n) is 8.03. The van der Waals surface area contributed by atoms with Crippen LogP contribution in [0.1, 0.15) is 47.4 Å². The summed E-state index contributed by atoms with van der Waals surface area (Å²) in [6.45, 7) is 0. The first-order chi connectivity index (χ1) is 18.4. The Kier molecular flexibility index (Phi) is 5.09. The van der Waals surface area contributed by atoms with Crippen molar-refractivity contribution in [2.24, 2.45) is 5.41 Å². The number of benzene rings is 3. The van der Waals surface area contributed by atoms with Crippen molar-refractivity contribution >= 4 is 52.1 Å². The summed E-state index contributed by atoms with van der Waals surface area (Å²) in [6.07, 6.45) is 3.71. The van der Waals surface area contributed by atoms with Crippen LogP contribution in [0.4, 0.5) is 10.1 Å². The third-order valence-corrected chi connectivity index (χ3v) is 9.15. The Hall–Kier alpha value is -3.87. The van der Waals surface area contributed by atoms with Gasteiger partial charge >= 0.3 is 0 Å². The topological polar surface area (TPSA) is 54.5 Å². The van der Waals surface area contributed by atoms with Crippen LogP contribution in [-0.2, 0) is 0 Å². The molecule has 4 nitrogen and oxygen atoms in total. The van der Waals surface area contributed by atoms with E-state index in [-0.39, 0.29) is 17.3 Å². The fourth-order valence-electron chi connectivity index (χ4n) is 6.56. The number of nitrogens with zero attached hydrogens (tertiary/aromatic N) is 1. The molecule has 4 aromatic rings. The number of hydrogen-bond donors (Lipinski definition) is 0. The average Bonchev–Trinajstić information content (AvgIpc) is 3.62. The molecule has 3 unspecified atom stereocenters. The van der Waals surface area contributed by atoms with Crippen molar-refractivity contribution in [1.82, 2.24) is 0 Å². The molecule has 3 heterocycles. The van der Waals surface area contributed by atoms with Gasteiger partial charge < -0.3 is 4.90 Å². The average molecular weight is 540 g/mol. The number of anilines is 1. The van der Waals surface area contributed by atoms with Crippen LogP contribution >= 0.6 is 22.9 Å². The monoisotopic (exact) mass is 539 g/mol. The molecule has 186 valence electrons. The predicted molar refractivity (Wildman–Crippen MR) is 146 cm³/mol. The molecule has 3 aromatic carbocycles. The Morgan fingerprint density at radius 3 is 2.29 bits per heavy atom. The van der Waals surface area contributed by atoms with Crippen LogP contribution in [0.25, 0.3) is 6.08 Å². The molecule has 1 aromatic heterocycles. The molecule has 3 aliphatic rings. The minimum atomic E-state index is -1.60. The van der Waals surface area contributed by atoms with Gasteiger partial charge in [0.25, 0.3) is 0 Å². The van der Waals surface area contributed by atoms with Gasteiger partial charge in [-0.1, -0.05) is 66.2 Å². The van der Waals surface area contributed by atoms with Crippen LogP contribution in [0.2, 0.25) is 5.02 Å². The van der Waals surface area contributed by atoms with E-state index in [0.29, 0.717) is 26.6 Å². The van der Waals surface area contributed by atoms with E-state index in [9.17, 15) is 18.8 Å². The van der Waals surface area contributed by atoms with Gasteiger partial charge in [-0.15, -0.1) is 11.3 Å². The first-order valence-corrected chi connectivity index (χ1v) is 13.5. The molecular weight excluding hydrogens is 521 g/mol. The van der Waals surface area contributed by atoms with Crippen molar-refractivity contribution in [3.8, 4) is 0 Å². The van der Waals surface area contributed by atoms with E-state index in [0.717, 1.165) is 11.3 Å². The molecule has 1 saturated heterocycles. The third kappa shape index (κ3) is 2.99. The molecule has 2 aliphatic heterocycles. The zero-order chi connectivity index (χ0) is 26.2. The lowest BCUT2D eigenvalue weighted by Crippen LogP contribution is -2.48. The van der Waals surface area contributed by atoms with Crippen molar-refractivity contribution < 1.29 is 18.8 Å². The Morgan fingerprint density at radius 2 is 1.63 bits per heavy atom. The normalized spacial score (nSPS) is 22.5. The van der Waals surface area contributed by atoms with Crippen molar-refractivity contribution in [2.75, 3.05) is 4.90 Å². The molecular formula is C31H19ClFNO3S. The Bertz CT molecular complexity index is 1640. The Morgan fingerprint density at radius 1 is 0.921 bits per heavy atom. The molecule has 0 radical (unpaired) electrons. The zero-order valence-corrected chi connectivity index (χ0v) is 21.4. The van der Waals surface area contributed by atoms with E-state index in [4.69, 9.17) is 11.6 Å². The second kappa shape index (κ2) is 8.32.